The standard InChI is InChI=1S/C15H16O5S2/c1-11-5-4-6-15(12(11)2)20-22(18,19)14-9-7-13(8-10-14)21(3,16)17/h4-10H,1-3H3. The van der Waals surface area contributed by atoms with Crippen LogP contribution in [0, 0.1) is 13.8 Å². The first kappa shape index (κ1) is 16.5. The first-order chi connectivity index (χ1) is 10.1. The molecule has 0 aromatic heterocycles. The van der Waals surface area contributed by atoms with Crippen molar-refractivity contribution in [1.82, 2.24) is 0 Å². The quantitative estimate of drug-likeness (QED) is 0.799. The Hall–Kier alpha value is -1.86. The first-order valence-electron chi connectivity index (χ1n) is 6.42. The van der Waals surface area contributed by atoms with Gasteiger partial charge in [-0.15, -0.1) is 0 Å². The van der Waals surface area contributed by atoms with E-state index < -0.39 is 20.0 Å². The molecule has 2 aromatic carbocycles. The van der Waals surface area contributed by atoms with Crippen LogP contribution in [0.2, 0.25) is 0 Å². The monoisotopic (exact) mass is 340 g/mol. The molecule has 0 bridgehead atoms. The molecule has 0 saturated heterocycles. The molecule has 0 aliphatic heterocycles. The molecule has 0 N–H and O–H groups in total. The Morgan fingerprint density at radius 2 is 1.36 bits per heavy atom. The van der Waals surface area contributed by atoms with Crippen LogP contribution in [0.3, 0.4) is 0 Å². The van der Waals surface area contributed by atoms with Gasteiger partial charge in [-0.2, -0.15) is 8.42 Å². The summed E-state index contributed by atoms with van der Waals surface area (Å²) in [5.74, 6) is 0.257. The minimum atomic E-state index is -4.01. The van der Waals surface area contributed by atoms with Gasteiger partial charge in [0.15, 0.2) is 9.84 Å². The molecule has 22 heavy (non-hydrogen) atoms. The van der Waals surface area contributed by atoms with Gasteiger partial charge >= 0.3 is 10.1 Å². The minimum Gasteiger partial charge on any atom is -0.379 e. The molecule has 0 spiro atoms. The third-order valence-corrected chi connectivity index (χ3v) is 5.67. The van der Waals surface area contributed by atoms with Crippen LogP contribution < -0.4 is 4.18 Å². The second-order valence-electron chi connectivity index (χ2n) is 4.98. The summed E-state index contributed by atoms with van der Waals surface area (Å²) in [7, 11) is -7.38. The molecule has 2 rings (SSSR count). The summed E-state index contributed by atoms with van der Waals surface area (Å²) in [6.45, 7) is 3.63. The molecular formula is C15H16O5S2. The number of benzene rings is 2. The van der Waals surface area contributed by atoms with Gasteiger partial charge in [0.1, 0.15) is 10.6 Å². The fourth-order valence-electron chi connectivity index (χ4n) is 1.83. The number of aryl methyl sites for hydroxylation is 1. The molecule has 0 fully saturated rings. The van der Waals surface area contributed by atoms with Gasteiger partial charge in [-0.25, -0.2) is 8.42 Å². The zero-order valence-electron chi connectivity index (χ0n) is 12.4. The maximum atomic E-state index is 12.3. The Balaban J connectivity index is 2.37. The lowest BCUT2D eigenvalue weighted by molar-refractivity contribution is 0.484. The van der Waals surface area contributed by atoms with E-state index in [4.69, 9.17) is 4.18 Å². The molecule has 0 saturated carbocycles. The molecule has 0 atom stereocenters. The van der Waals surface area contributed by atoms with E-state index in [-0.39, 0.29) is 15.5 Å². The molecule has 0 aliphatic rings. The molecule has 0 radical (unpaired) electrons. The van der Waals surface area contributed by atoms with Gasteiger partial charge in [0, 0.05) is 6.26 Å². The van der Waals surface area contributed by atoms with Gasteiger partial charge in [-0.3, -0.25) is 0 Å². The van der Waals surface area contributed by atoms with Crippen LogP contribution in [0.1, 0.15) is 11.1 Å². The molecule has 0 unspecified atom stereocenters. The highest BCUT2D eigenvalue weighted by Gasteiger charge is 2.19. The summed E-state index contributed by atoms with van der Waals surface area (Å²) in [4.78, 5) is -0.0426. The van der Waals surface area contributed by atoms with Gasteiger partial charge in [-0.1, -0.05) is 12.1 Å². The number of hydrogen-bond acceptors (Lipinski definition) is 5. The summed E-state index contributed by atoms with van der Waals surface area (Å²) in [6.07, 6.45) is 1.06. The van der Waals surface area contributed by atoms with Crippen molar-refractivity contribution in [3.63, 3.8) is 0 Å². The van der Waals surface area contributed by atoms with Crippen molar-refractivity contribution < 1.29 is 21.0 Å². The molecule has 5 nitrogen and oxygen atoms in total. The van der Waals surface area contributed by atoms with Gasteiger partial charge < -0.3 is 4.18 Å². The van der Waals surface area contributed by atoms with Crippen LogP contribution in [0.5, 0.6) is 5.75 Å². The van der Waals surface area contributed by atoms with Crippen LogP contribution >= 0.6 is 0 Å². The Morgan fingerprint density at radius 3 is 1.91 bits per heavy atom. The average molecular weight is 340 g/mol. The molecule has 0 heterocycles. The van der Waals surface area contributed by atoms with Crippen LogP contribution in [0.4, 0.5) is 0 Å². The van der Waals surface area contributed by atoms with Crippen molar-refractivity contribution in [1.29, 1.82) is 0 Å². The maximum Gasteiger partial charge on any atom is 0.339 e. The van der Waals surface area contributed by atoms with Crippen molar-refractivity contribution >= 4 is 20.0 Å². The summed E-state index contributed by atoms with van der Waals surface area (Å²) in [6, 6.07) is 10.1. The van der Waals surface area contributed by atoms with Crippen LogP contribution in [-0.2, 0) is 20.0 Å². The molecule has 2 aromatic rings. The Bertz CT molecular complexity index is 895. The topological polar surface area (TPSA) is 77.5 Å². The summed E-state index contributed by atoms with van der Waals surface area (Å²) in [5, 5.41) is 0. The summed E-state index contributed by atoms with van der Waals surface area (Å²) >= 11 is 0. The van der Waals surface area contributed by atoms with E-state index >= 15 is 0 Å². The van der Waals surface area contributed by atoms with Crippen molar-refractivity contribution in [2.24, 2.45) is 0 Å². The fourth-order valence-corrected chi connectivity index (χ4v) is 3.45. The smallest absolute Gasteiger partial charge is 0.339 e. The first-order valence-corrected chi connectivity index (χ1v) is 9.72. The second-order valence-corrected chi connectivity index (χ2v) is 8.54. The van der Waals surface area contributed by atoms with E-state index in [9.17, 15) is 16.8 Å². The van der Waals surface area contributed by atoms with Crippen molar-refractivity contribution in [3.05, 3.63) is 53.6 Å². The molecule has 0 amide bonds. The van der Waals surface area contributed by atoms with Gasteiger partial charge in [-0.05, 0) is 55.3 Å². The van der Waals surface area contributed by atoms with Crippen molar-refractivity contribution in [3.8, 4) is 5.75 Å². The second kappa shape index (κ2) is 5.73. The third kappa shape index (κ3) is 3.48. The summed E-state index contributed by atoms with van der Waals surface area (Å²) in [5.41, 5.74) is 1.65. The van der Waals surface area contributed by atoms with Crippen LogP contribution in [0.25, 0.3) is 0 Å². The number of hydrogen-bond donors (Lipinski definition) is 0. The van der Waals surface area contributed by atoms with E-state index in [0.717, 1.165) is 17.4 Å². The Labute approximate surface area is 130 Å². The van der Waals surface area contributed by atoms with Crippen LogP contribution in [-0.4, -0.2) is 23.1 Å². The highest BCUT2D eigenvalue weighted by Crippen LogP contribution is 2.25. The Kier molecular flexibility index (Phi) is 4.30. The predicted octanol–water partition coefficient (Wildman–Crippen LogP) is 2.47. The lowest BCUT2D eigenvalue weighted by Crippen LogP contribution is -2.11. The van der Waals surface area contributed by atoms with E-state index in [2.05, 4.69) is 0 Å². The van der Waals surface area contributed by atoms with Gasteiger partial charge in [0.2, 0.25) is 0 Å². The predicted molar refractivity (Wildman–Crippen MR) is 83.3 cm³/mol. The van der Waals surface area contributed by atoms with E-state index in [1.807, 2.05) is 13.0 Å². The molecule has 118 valence electrons. The van der Waals surface area contributed by atoms with Crippen LogP contribution in [0.15, 0.2) is 52.3 Å². The van der Waals surface area contributed by atoms with E-state index in [1.165, 1.54) is 24.3 Å². The van der Waals surface area contributed by atoms with Crippen molar-refractivity contribution in [2.75, 3.05) is 6.26 Å². The van der Waals surface area contributed by atoms with Gasteiger partial charge in [0.25, 0.3) is 0 Å². The highest BCUT2D eigenvalue weighted by atomic mass is 32.2. The number of sulfone groups is 1. The lowest BCUT2D eigenvalue weighted by atomic mass is 10.1. The normalized spacial score (nSPS) is 12.1. The van der Waals surface area contributed by atoms with Crippen molar-refractivity contribution in [2.45, 2.75) is 23.6 Å². The summed E-state index contributed by atoms with van der Waals surface area (Å²) < 4.78 is 52.4. The van der Waals surface area contributed by atoms with E-state index in [0.29, 0.717) is 0 Å². The average Bonchev–Trinajstić information content (AvgIpc) is 2.43. The lowest BCUT2D eigenvalue weighted by Gasteiger charge is -2.11. The molecular weight excluding hydrogens is 324 g/mol. The van der Waals surface area contributed by atoms with Gasteiger partial charge in [0.05, 0.1) is 4.90 Å². The Morgan fingerprint density at radius 1 is 0.818 bits per heavy atom. The highest BCUT2D eigenvalue weighted by molar-refractivity contribution is 7.90. The largest absolute Gasteiger partial charge is 0.379 e. The molecule has 7 heteroatoms. The SMILES string of the molecule is Cc1cccc(OS(=O)(=O)c2ccc(S(C)(=O)=O)cc2)c1C. The molecule has 0 aliphatic carbocycles. The maximum absolute atomic E-state index is 12.3. The number of rotatable bonds is 4. The minimum absolute atomic E-state index is 0.0539. The third-order valence-electron chi connectivity index (χ3n) is 3.29. The fraction of sp³-hybridized carbons (Fsp3) is 0.200. The zero-order chi connectivity index (χ0) is 16.5. The van der Waals surface area contributed by atoms with E-state index in [1.54, 1.807) is 19.1 Å². The zero-order valence-corrected chi connectivity index (χ0v) is 14.0.